The second kappa shape index (κ2) is 7.22. The molecule has 30 heavy (non-hydrogen) atoms. The van der Waals surface area contributed by atoms with Crippen molar-refractivity contribution >= 4 is 11.5 Å². The van der Waals surface area contributed by atoms with Crippen LogP contribution in [-0.2, 0) is 11.3 Å². The molecule has 0 radical (unpaired) electrons. The van der Waals surface area contributed by atoms with Gasteiger partial charge in [0.05, 0.1) is 6.04 Å². The fourth-order valence-corrected chi connectivity index (χ4v) is 3.96. The summed E-state index contributed by atoms with van der Waals surface area (Å²) in [4.78, 5) is 14.7. The molecule has 6 heteroatoms. The Bertz CT molecular complexity index is 1140. The molecule has 1 N–H and O–H groups in total. The number of fused-ring (bicyclic) bond motifs is 1. The zero-order valence-corrected chi connectivity index (χ0v) is 15.9. The van der Waals surface area contributed by atoms with E-state index in [4.69, 9.17) is 9.47 Å². The molecule has 3 aromatic rings. The van der Waals surface area contributed by atoms with Crippen LogP contribution in [0.2, 0.25) is 0 Å². The molecule has 3 aromatic carbocycles. The van der Waals surface area contributed by atoms with E-state index in [2.05, 4.69) is 0 Å². The highest BCUT2D eigenvalue weighted by Crippen LogP contribution is 2.44. The number of hydrogen-bond acceptors (Lipinski definition) is 4. The molecule has 0 fully saturated rings. The number of benzene rings is 3. The number of aliphatic hydroxyl groups excluding tert-OH is 1. The van der Waals surface area contributed by atoms with E-state index in [1.165, 1.54) is 12.1 Å². The van der Waals surface area contributed by atoms with Gasteiger partial charge in [-0.3, -0.25) is 4.79 Å². The molecule has 2 aliphatic rings. The topological polar surface area (TPSA) is 59.0 Å². The Hall–Kier alpha value is -3.80. The van der Waals surface area contributed by atoms with Crippen molar-refractivity contribution in [2.75, 3.05) is 6.79 Å². The molecule has 0 saturated carbocycles. The number of halogens is 1. The van der Waals surface area contributed by atoms with E-state index in [-0.39, 0.29) is 24.9 Å². The number of carbonyl (C=O) groups is 1. The van der Waals surface area contributed by atoms with Gasteiger partial charge in [0.15, 0.2) is 17.3 Å². The highest BCUT2D eigenvalue weighted by atomic mass is 19.1. The van der Waals surface area contributed by atoms with Crippen molar-refractivity contribution in [1.82, 2.24) is 4.90 Å². The van der Waals surface area contributed by atoms with E-state index in [1.807, 2.05) is 42.5 Å². The summed E-state index contributed by atoms with van der Waals surface area (Å²) in [5.41, 5.74) is 2.80. The predicted molar refractivity (Wildman–Crippen MR) is 108 cm³/mol. The normalized spacial score (nSPS) is 17.7. The van der Waals surface area contributed by atoms with Crippen molar-refractivity contribution in [3.63, 3.8) is 0 Å². The van der Waals surface area contributed by atoms with Crippen LogP contribution in [0.5, 0.6) is 11.5 Å². The van der Waals surface area contributed by atoms with E-state index in [0.29, 0.717) is 22.6 Å². The van der Waals surface area contributed by atoms with Crippen LogP contribution in [0.3, 0.4) is 0 Å². The molecule has 5 rings (SSSR count). The van der Waals surface area contributed by atoms with Crippen molar-refractivity contribution in [3.05, 3.63) is 101 Å². The van der Waals surface area contributed by atoms with Crippen molar-refractivity contribution < 1.29 is 23.8 Å². The van der Waals surface area contributed by atoms with E-state index >= 15 is 0 Å². The van der Waals surface area contributed by atoms with Crippen LogP contribution in [0.1, 0.15) is 22.7 Å². The maximum Gasteiger partial charge on any atom is 0.290 e. The first kappa shape index (κ1) is 18.2. The first-order chi connectivity index (χ1) is 14.6. The summed E-state index contributed by atoms with van der Waals surface area (Å²) in [5.74, 6) is 0.155. The molecule has 1 amide bonds. The van der Waals surface area contributed by atoms with Gasteiger partial charge < -0.3 is 19.5 Å². The molecule has 0 bridgehead atoms. The number of rotatable bonds is 4. The van der Waals surface area contributed by atoms with Gasteiger partial charge in [0.25, 0.3) is 5.91 Å². The Labute approximate surface area is 172 Å². The Morgan fingerprint density at radius 3 is 2.47 bits per heavy atom. The monoisotopic (exact) mass is 403 g/mol. The molecular weight excluding hydrogens is 385 g/mol. The largest absolute Gasteiger partial charge is 0.503 e. The standard InChI is InChI=1S/C24H18FNO4/c25-18-9-7-17(8-10-18)22-21(16-4-2-1-3-5-16)23(27)24(28)26(22)13-15-6-11-19-20(12-15)30-14-29-19/h1-12,22,27H,13-14H2/t22-/m0/s1. The zero-order valence-electron chi connectivity index (χ0n) is 15.9. The van der Waals surface area contributed by atoms with Gasteiger partial charge in [0, 0.05) is 12.1 Å². The quantitative estimate of drug-likeness (QED) is 0.691. The third-order valence-electron chi connectivity index (χ3n) is 5.36. The summed E-state index contributed by atoms with van der Waals surface area (Å²) in [5, 5.41) is 10.8. The highest BCUT2D eigenvalue weighted by molar-refractivity contribution is 6.05. The molecule has 150 valence electrons. The molecule has 5 nitrogen and oxygen atoms in total. The Balaban J connectivity index is 1.57. The maximum absolute atomic E-state index is 13.6. The first-order valence-corrected chi connectivity index (χ1v) is 9.55. The minimum atomic E-state index is -0.550. The number of hydrogen-bond donors (Lipinski definition) is 1. The molecular formula is C24H18FNO4. The van der Waals surface area contributed by atoms with Crippen LogP contribution in [-0.4, -0.2) is 22.7 Å². The molecule has 0 saturated heterocycles. The van der Waals surface area contributed by atoms with Crippen LogP contribution in [0.25, 0.3) is 5.57 Å². The fourth-order valence-electron chi connectivity index (χ4n) is 3.96. The van der Waals surface area contributed by atoms with Crippen molar-refractivity contribution in [2.24, 2.45) is 0 Å². The van der Waals surface area contributed by atoms with Crippen LogP contribution >= 0.6 is 0 Å². The Kier molecular flexibility index (Phi) is 4.39. The molecule has 0 unspecified atom stereocenters. The molecule has 2 heterocycles. The SMILES string of the molecule is O=C1C(O)=C(c2ccccc2)[C@H](c2ccc(F)cc2)N1Cc1ccc2c(c1)OCO2. The third-order valence-corrected chi connectivity index (χ3v) is 5.36. The number of nitrogens with zero attached hydrogens (tertiary/aromatic N) is 1. The summed E-state index contributed by atoms with van der Waals surface area (Å²) in [6.45, 7) is 0.415. The fraction of sp³-hybridized carbons (Fsp3) is 0.125. The van der Waals surface area contributed by atoms with Crippen molar-refractivity contribution in [2.45, 2.75) is 12.6 Å². The van der Waals surface area contributed by atoms with Gasteiger partial charge in [0.2, 0.25) is 6.79 Å². The van der Waals surface area contributed by atoms with Gasteiger partial charge in [-0.1, -0.05) is 48.5 Å². The minimum absolute atomic E-state index is 0.167. The number of ether oxygens (including phenoxy) is 2. The van der Waals surface area contributed by atoms with E-state index < -0.39 is 11.9 Å². The molecule has 0 spiro atoms. The maximum atomic E-state index is 13.6. The lowest BCUT2D eigenvalue weighted by atomic mass is 9.93. The summed E-state index contributed by atoms with van der Waals surface area (Å²) >= 11 is 0. The smallest absolute Gasteiger partial charge is 0.290 e. The third kappa shape index (κ3) is 3.06. The molecule has 0 aliphatic carbocycles. The number of aliphatic hydroxyl groups is 1. The predicted octanol–water partition coefficient (Wildman–Crippen LogP) is 4.61. The Morgan fingerprint density at radius 2 is 1.70 bits per heavy atom. The van der Waals surface area contributed by atoms with Gasteiger partial charge in [-0.2, -0.15) is 0 Å². The summed E-state index contributed by atoms with van der Waals surface area (Å²) in [6, 6.07) is 20.2. The Morgan fingerprint density at radius 1 is 0.967 bits per heavy atom. The average Bonchev–Trinajstić information content (AvgIpc) is 3.33. The average molecular weight is 403 g/mol. The van der Waals surface area contributed by atoms with Crippen LogP contribution in [0.15, 0.2) is 78.6 Å². The molecule has 1 atom stereocenters. The zero-order chi connectivity index (χ0) is 20.7. The summed E-state index contributed by atoms with van der Waals surface area (Å²) < 4.78 is 24.3. The lowest BCUT2D eigenvalue weighted by Gasteiger charge is -2.27. The van der Waals surface area contributed by atoms with Gasteiger partial charge in [-0.25, -0.2) is 4.39 Å². The molecule has 2 aliphatic heterocycles. The van der Waals surface area contributed by atoms with Gasteiger partial charge >= 0.3 is 0 Å². The summed E-state index contributed by atoms with van der Waals surface area (Å²) in [7, 11) is 0. The highest BCUT2D eigenvalue weighted by Gasteiger charge is 2.41. The molecule has 0 aromatic heterocycles. The lowest BCUT2D eigenvalue weighted by molar-refractivity contribution is -0.130. The van der Waals surface area contributed by atoms with Gasteiger partial charge in [-0.05, 0) is 41.0 Å². The van der Waals surface area contributed by atoms with E-state index in [9.17, 15) is 14.3 Å². The lowest BCUT2D eigenvalue weighted by Crippen LogP contribution is -2.29. The van der Waals surface area contributed by atoms with E-state index in [1.54, 1.807) is 23.1 Å². The summed E-state index contributed by atoms with van der Waals surface area (Å²) in [6.07, 6.45) is 0. The second-order valence-corrected chi connectivity index (χ2v) is 7.20. The van der Waals surface area contributed by atoms with Crippen LogP contribution in [0, 0.1) is 5.82 Å². The first-order valence-electron chi connectivity index (χ1n) is 9.55. The number of carbonyl (C=O) groups excluding carboxylic acids is 1. The van der Waals surface area contributed by atoms with Crippen LogP contribution < -0.4 is 9.47 Å². The number of amides is 1. The minimum Gasteiger partial charge on any atom is -0.503 e. The second-order valence-electron chi connectivity index (χ2n) is 7.20. The van der Waals surface area contributed by atoms with Gasteiger partial charge in [0.1, 0.15) is 5.82 Å². The van der Waals surface area contributed by atoms with Crippen molar-refractivity contribution in [1.29, 1.82) is 0 Å². The van der Waals surface area contributed by atoms with Crippen molar-refractivity contribution in [3.8, 4) is 11.5 Å². The van der Waals surface area contributed by atoms with Crippen LogP contribution in [0.4, 0.5) is 4.39 Å². The van der Waals surface area contributed by atoms with Gasteiger partial charge in [-0.15, -0.1) is 0 Å². The van der Waals surface area contributed by atoms with E-state index in [0.717, 1.165) is 11.1 Å².